The van der Waals surface area contributed by atoms with E-state index < -0.39 is 15.9 Å². The first-order valence-corrected chi connectivity index (χ1v) is 15.1. The van der Waals surface area contributed by atoms with Gasteiger partial charge in [0, 0.05) is 42.8 Å². The van der Waals surface area contributed by atoms with E-state index in [0.717, 1.165) is 63.7 Å². The standard InChI is InChI=1S/C29H40N4O4S/c1-6-19-12-21(13-23(28(19)37-5)16-31-18(3)4)22-14-24-26(17-32-27(24)25(15-22)29(30)34)20-8-10-33(11-9-20)38(35,36)7-2/h12-15,17-18,20,31-32H,6-11,16H2,1-5H3,(H2,30,34). The number of methoxy groups -OCH3 is 1. The molecular formula is C29H40N4O4S. The van der Waals surface area contributed by atoms with E-state index in [1.54, 1.807) is 18.3 Å². The summed E-state index contributed by atoms with van der Waals surface area (Å²) in [5.41, 5.74) is 12.2. The molecule has 1 aliphatic rings. The molecule has 0 bridgehead atoms. The molecule has 1 aromatic heterocycles. The number of carbonyl (C=O) groups is 1. The third-order valence-corrected chi connectivity index (χ3v) is 9.48. The van der Waals surface area contributed by atoms with E-state index in [4.69, 9.17) is 10.5 Å². The van der Waals surface area contributed by atoms with Crippen molar-refractivity contribution < 1.29 is 17.9 Å². The number of piperidine rings is 1. The molecule has 0 saturated carbocycles. The van der Waals surface area contributed by atoms with Gasteiger partial charge in [-0.2, -0.15) is 0 Å². The van der Waals surface area contributed by atoms with Gasteiger partial charge in [-0.05, 0) is 78.6 Å². The minimum atomic E-state index is -3.19. The van der Waals surface area contributed by atoms with Gasteiger partial charge in [-0.25, -0.2) is 12.7 Å². The van der Waals surface area contributed by atoms with Gasteiger partial charge >= 0.3 is 0 Å². The Labute approximate surface area is 226 Å². The molecule has 0 unspecified atom stereocenters. The molecule has 0 spiro atoms. The first-order valence-electron chi connectivity index (χ1n) is 13.5. The first kappa shape index (κ1) is 28.1. The molecule has 2 aromatic carbocycles. The fourth-order valence-electron chi connectivity index (χ4n) is 5.47. The molecule has 8 nitrogen and oxygen atoms in total. The van der Waals surface area contributed by atoms with Crippen LogP contribution < -0.4 is 15.8 Å². The number of carbonyl (C=O) groups excluding carboxylic acids is 1. The second-order valence-electron chi connectivity index (χ2n) is 10.3. The van der Waals surface area contributed by atoms with Gasteiger partial charge in [0.2, 0.25) is 10.0 Å². The van der Waals surface area contributed by atoms with E-state index in [-0.39, 0.29) is 11.7 Å². The third kappa shape index (κ3) is 5.60. The normalized spacial score (nSPS) is 15.4. The zero-order valence-electron chi connectivity index (χ0n) is 23.1. The van der Waals surface area contributed by atoms with Gasteiger partial charge in [-0.15, -0.1) is 0 Å². The zero-order chi connectivity index (χ0) is 27.6. The number of sulfonamides is 1. The number of aromatic amines is 1. The van der Waals surface area contributed by atoms with Crippen LogP contribution in [0.4, 0.5) is 0 Å². The molecule has 1 saturated heterocycles. The predicted octanol–water partition coefficient (Wildman–Crippen LogP) is 4.53. The van der Waals surface area contributed by atoms with Gasteiger partial charge in [0.25, 0.3) is 5.91 Å². The lowest BCUT2D eigenvalue weighted by Crippen LogP contribution is -2.38. The molecule has 206 valence electrons. The second kappa shape index (κ2) is 11.5. The molecule has 0 atom stereocenters. The number of aryl methyl sites for hydroxylation is 1. The molecule has 1 fully saturated rings. The number of fused-ring (bicyclic) bond motifs is 1. The molecule has 3 aromatic rings. The molecule has 2 heterocycles. The maximum Gasteiger partial charge on any atom is 0.250 e. The van der Waals surface area contributed by atoms with E-state index in [1.807, 2.05) is 12.3 Å². The first-order chi connectivity index (χ1) is 18.1. The third-order valence-electron chi connectivity index (χ3n) is 7.60. The molecule has 38 heavy (non-hydrogen) atoms. The fraction of sp³-hybridized carbons (Fsp3) is 0.483. The lowest BCUT2D eigenvalue weighted by Gasteiger charge is -2.31. The van der Waals surface area contributed by atoms with Crippen LogP contribution in [0.3, 0.4) is 0 Å². The van der Waals surface area contributed by atoms with Crippen LogP contribution in [0.5, 0.6) is 5.75 Å². The number of nitrogens with zero attached hydrogens (tertiary/aromatic N) is 1. The van der Waals surface area contributed by atoms with Crippen LogP contribution in [0.15, 0.2) is 30.5 Å². The van der Waals surface area contributed by atoms with Crippen LogP contribution >= 0.6 is 0 Å². The number of aromatic nitrogens is 1. The Morgan fingerprint density at radius 1 is 1.13 bits per heavy atom. The Balaban J connectivity index is 1.79. The lowest BCUT2D eigenvalue weighted by atomic mass is 9.88. The average Bonchev–Trinajstić information content (AvgIpc) is 3.34. The number of nitrogens with one attached hydrogen (secondary N) is 2. The SMILES string of the molecule is CCc1cc(-c2cc(C(N)=O)c3[nH]cc(C4CCN(S(=O)(=O)CC)CC4)c3c2)cc(CNC(C)C)c1OC. The van der Waals surface area contributed by atoms with Crippen LogP contribution in [0.2, 0.25) is 0 Å². The van der Waals surface area contributed by atoms with Crippen LogP contribution in [-0.4, -0.2) is 55.6 Å². The summed E-state index contributed by atoms with van der Waals surface area (Å²) in [6.07, 6.45) is 4.23. The highest BCUT2D eigenvalue weighted by atomic mass is 32.2. The Morgan fingerprint density at radius 2 is 1.79 bits per heavy atom. The molecule has 0 aliphatic carbocycles. The second-order valence-corrected chi connectivity index (χ2v) is 12.6. The molecule has 1 aliphatic heterocycles. The number of H-pyrrole nitrogens is 1. The summed E-state index contributed by atoms with van der Waals surface area (Å²) in [5.74, 6) is 0.708. The minimum absolute atomic E-state index is 0.117. The minimum Gasteiger partial charge on any atom is -0.496 e. The number of hydrogen-bond donors (Lipinski definition) is 3. The van der Waals surface area contributed by atoms with E-state index in [1.165, 1.54) is 0 Å². The van der Waals surface area contributed by atoms with Crippen molar-refractivity contribution in [3.63, 3.8) is 0 Å². The number of hydrogen-bond acceptors (Lipinski definition) is 5. The number of amides is 1. The smallest absolute Gasteiger partial charge is 0.250 e. The van der Waals surface area contributed by atoms with Crippen molar-refractivity contribution in [1.82, 2.24) is 14.6 Å². The topological polar surface area (TPSA) is 118 Å². The number of benzene rings is 2. The summed E-state index contributed by atoms with van der Waals surface area (Å²) in [7, 11) is -1.49. The van der Waals surface area contributed by atoms with Gasteiger partial charge in [-0.3, -0.25) is 4.79 Å². The summed E-state index contributed by atoms with van der Waals surface area (Å²) in [5, 5.41) is 4.45. The quantitative estimate of drug-likeness (QED) is 0.349. The fourth-order valence-corrected chi connectivity index (χ4v) is 6.60. The maximum atomic E-state index is 12.5. The summed E-state index contributed by atoms with van der Waals surface area (Å²) < 4.78 is 32.1. The van der Waals surface area contributed by atoms with Gasteiger partial charge in [-0.1, -0.05) is 20.8 Å². The van der Waals surface area contributed by atoms with Gasteiger partial charge in [0.1, 0.15) is 5.75 Å². The van der Waals surface area contributed by atoms with Crippen molar-refractivity contribution in [2.45, 2.75) is 65.5 Å². The molecule has 4 rings (SSSR count). The summed E-state index contributed by atoms with van der Waals surface area (Å²) in [6, 6.07) is 8.57. The van der Waals surface area contributed by atoms with Crippen LogP contribution in [0, 0.1) is 0 Å². The molecule has 1 amide bonds. The highest BCUT2D eigenvalue weighted by Gasteiger charge is 2.29. The van der Waals surface area contributed by atoms with Crippen molar-refractivity contribution >= 4 is 26.8 Å². The Morgan fingerprint density at radius 3 is 2.37 bits per heavy atom. The molecule has 9 heteroatoms. The Hall–Kier alpha value is -2.88. The monoisotopic (exact) mass is 540 g/mol. The highest BCUT2D eigenvalue weighted by molar-refractivity contribution is 7.89. The van der Waals surface area contributed by atoms with E-state index in [2.05, 4.69) is 49.3 Å². The summed E-state index contributed by atoms with van der Waals surface area (Å²) in [4.78, 5) is 15.8. The van der Waals surface area contributed by atoms with E-state index in [9.17, 15) is 13.2 Å². The van der Waals surface area contributed by atoms with Crippen molar-refractivity contribution in [1.29, 1.82) is 0 Å². The Bertz CT molecular complexity index is 1420. The lowest BCUT2D eigenvalue weighted by molar-refractivity contribution is 0.100. The Kier molecular flexibility index (Phi) is 8.49. The number of nitrogens with two attached hydrogens (primary N) is 1. The molecule has 4 N–H and O–H groups in total. The molecule has 0 radical (unpaired) electrons. The molecular weight excluding hydrogens is 500 g/mol. The van der Waals surface area contributed by atoms with Crippen LogP contribution in [0.25, 0.3) is 22.0 Å². The number of rotatable bonds is 10. The number of ether oxygens (including phenoxy) is 1. The van der Waals surface area contributed by atoms with E-state index in [0.29, 0.717) is 31.2 Å². The van der Waals surface area contributed by atoms with Crippen LogP contribution in [0.1, 0.15) is 73.5 Å². The van der Waals surface area contributed by atoms with Crippen LogP contribution in [-0.2, 0) is 23.0 Å². The average molecular weight is 541 g/mol. The van der Waals surface area contributed by atoms with Crippen molar-refractivity contribution in [3.05, 3.63) is 52.7 Å². The van der Waals surface area contributed by atoms with Gasteiger partial charge in [0.15, 0.2) is 0 Å². The maximum absolute atomic E-state index is 12.5. The van der Waals surface area contributed by atoms with Crippen molar-refractivity contribution in [2.24, 2.45) is 5.73 Å². The van der Waals surface area contributed by atoms with E-state index >= 15 is 0 Å². The van der Waals surface area contributed by atoms with Crippen molar-refractivity contribution in [3.8, 4) is 16.9 Å². The van der Waals surface area contributed by atoms with Crippen molar-refractivity contribution in [2.75, 3.05) is 26.0 Å². The number of primary amides is 1. The highest BCUT2D eigenvalue weighted by Crippen LogP contribution is 2.38. The zero-order valence-corrected chi connectivity index (χ0v) is 23.9. The summed E-state index contributed by atoms with van der Waals surface area (Å²) >= 11 is 0. The summed E-state index contributed by atoms with van der Waals surface area (Å²) in [6.45, 7) is 9.68. The van der Waals surface area contributed by atoms with Gasteiger partial charge in [0.05, 0.1) is 23.9 Å². The largest absolute Gasteiger partial charge is 0.496 e. The predicted molar refractivity (Wildman–Crippen MR) is 153 cm³/mol. The van der Waals surface area contributed by atoms with Gasteiger partial charge < -0.3 is 20.8 Å².